The maximum absolute atomic E-state index is 12.9. The van der Waals surface area contributed by atoms with Crippen LogP contribution in [0.3, 0.4) is 0 Å². The first-order valence-corrected chi connectivity index (χ1v) is 4.74. The Morgan fingerprint density at radius 2 is 2.50 bits per heavy atom. The molecule has 1 aromatic heterocycles. The zero-order valence-corrected chi connectivity index (χ0v) is 8.09. The third kappa shape index (κ3) is 1.70. The lowest BCUT2D eigenvalue weighted by molar-refractivity contribution is 0.397. The van der Waals surface area contributed by atoms with Crippen molar-refractivity contribution in [3.63, 3.8) is 0 Å². The first-order valence-electron chi connectivity index (χ1n) is 4.74. The summed E-state index contributed by atoms with van der Waals surface area (Å²) >= 11 is 0. The topological polar surface area (TPSA) is 34.1 Å². The van der Waals surface area contributed by atoms with Crippen LogP contribution in [0.1, 0.15) is 24.4 Å². The van der Waals surface area contributed by atoms with Crippen LogP contribution in [0, 0.1) is 5.95 Å². The van der Waals surface area contributed by atoms with Crippen molar-refractivity contribution >= 4 is 0 Å². The van der Waals surface area contributed by atoms with Crippen LogP contribution < -0.4 is 10.1 Å². The van der Waals surface area contributed by atoms with Gasteiger partial charge in [0.2, 0.25) is 5.95 Å². The zero-order chi connectivity index (χ0) is 9.97. The molecule has 1 aromatic rings. The quantitative estimate of drug-likeness (QED) is 0.730. The van der Waals surface area contributed by atoms with Crippen molar-refractivity contribution in [2.24, 2.45) is 0 Å². The second kappa shape index (κ2) is 3.92. The second-order valence-corrected chi connectivity index (χ2v) is 3.40. The van der Waals surface area contributed by atoms with Gasteiger partial charge in [-0.05, 0) is 19.4 Å². The number of ether oxygens (including phenoxy) is 1. The van der Waals surface area contributed by atoms with E-state index >= 15 is 0 Å². The highest BCUT2D eigenvalue weighted by Crippen LogP contribution is 2.30. The molecular weight excluding hydrogens is 183 g/mol. The molecule has 0 bridgehead atoms. The second-order valence-electron chi connectivity index (χ2n) is 3.40. The van der Waals surface area contributed by atoms with Crippen molar-refractivity contribution in [3.05, 3.63) is 23.8 Å². The summed E-state index contributed by atoms with van der Waals surface area (Å²) in [5.74, 6) is 0.209. The molecule has 0 radical (unpaired) electrons. The predicted octanol–water partition coefficient (Wildman–Crippen LogP) is 1.65. The molecule has 0 saturated carbocycles. The van der Waals surface area contributed by atoms with Gasteiger partial charge < -0.3 is 10.1 Å². The predicted molar refractivity (Wildman–Crippen MR) is 50.7 cm³/mol. The summed E-state index contributed by atoms with van der Waals surface area (Å²) in [6, 6.07) is 1.66. The van der Waals surface area contributed by atoms with Gasteiger partial charge in [-0.1, -0.05) is 0 Å². The molecule has 2 heterocycles. The normalized spacial score (nSPS) is 21.1. The Morgan fingerprint density at radius 1 is 1.64 bits per heavy atom. The van der Waals surface area contributed by atoms with Gasteiger partial charge in [-0.15, -0.1) is 0 Å². The summed E-state index contributed by atoms with van der Waals surface area (Å²) in [5, 5.41) is 3.30. The van der Waals surface area contributed by atoms with Crippen LogP contribution in [0.15, 0.2) is 12.3 Å². The molecule has 1 atom stereocenters. The summed E-state index contributed by atoms with van der Waals surface area (Å²) in [5.41, 5.74) is 0.873. The van der Waals surface area contributed by atoms with Crippen LogP contribution >= 0.6 is 0 Å². The Bertz CT molecular complexity index is 324. The average molecular weight is 196 g/mol. The number of hydrogen-bond acceptors (Lipinski definition) is 3. The van der Waals surface area contributed by atoms with Crippen molar-refractivity contribution in [1.82, 2.24) is 10.3 Å². The third-order valence-electron chi connectivity index (χ3n) is 2.52. The van der Waals surface area contributed by atoms with Crippen LogP contribution in [0.2, 0.25) is 0 Å². The molecule has 0 amide bonds. The van der Waals surface area contributed by atoms with Gasteiger partial charge in [0.25, 0.3) is 0 Å². The molecule has 1 unspecified atom stereocenters. The van der Waals surface area contributed by atoms with E-state index in [4.69, 9.17) is 4.74 Å². The molecule has 0 aromatic carbocycles. The molecule has 0 aliphatic carbocycles. The molecule has 1 aliphatic rings. The first-order chi connectivity index (χ1) is 6.81. The largest absolute Gasteiger partial charge is 0.495 e. The number of hydrogen-bond donors (Lipinski definition) is 1. The van der Waals surface area contributed by atoms with E-state index in [0.717, 1.165) is 24.9 Å². The Labute approximate surface area is 82.3 Å². The van der Waals surface area contributed by atoms with Crippen molar-refractivity contribution in [1.29, 1.82) is 0 Å². The maximum atomic E-state index is 12.9. The lowest BCUT2D eigenvalue weighted by Crippen LogP contribution is -2.14. The van der Waals surface area contributed by atoms with Crippen molar-refractivity contribution in [2.75, 3.05) is 13.7 Å². The van der Waals surface area contributed by atoms with E-state index < -0.39 is 5.95 Å². The lowest BCUT2D eigenvalue weighted by Gasteiger charge is -2.14. The van der Waals surface area contributed by atoms with E-state index in [1.807, 2.05) is 0 Å². The monoisotopic (exact) mass is 196 g/mol. The van der Waals surface area contributed by atoms with Gasteiger partial charge in [-0.3, -0.25) is 0 Å². The van der Waals surface area contributed by atoms with Gasteiger partial charge in [0.15, 0.2) is 0 Å². The number of methoxy groups -OCH3 is 1. The van der Waals surface area contributed by atoms with E-state index in [2.05, 4.69) is 10.3 Å². The van der Waals surface area contributed by atoms with Crippen LogP contribution in [0.25, 0.3) is 0 Å². The van der Waals surface area contributed by atoms with Crippen LogP contribution in [0.5, 0.6) is 5.75 Å². The smallest absolute Gasteiger partial charge is 0.213 e. The SMILES string of the molecule is COc1cnc(F)cc1C1CCCN1. The molecule has 14 heavy (non-hydrogen) atoms. The Hall–Kier alpha value is -1.16. The highest BCUT2D eigenvalue weighted by Gasteiger charge is 2.20. The third-order valence-corrected chi connectivity index (χ3v) is 2.52. The molecule has 1 aliphatic heterocycles. The van der Waals surface area contributed by atoms with E-state index in [-0.39, 0.29) is 6.04 Å². The lowest BCUT2D eigenvalue weighted by atomic mass is 10.1. The fourth-order valence-electron chi connectivity index (χ4n) is 1.82. The summed E-state index contributed by atoms with van der Waals surface area (Å²) in [6.45, 7) is 0.984. The van der Waals surface area contributed by atoms with Crippen LogP contribution in [-0.2, 0) is 0 Å². The Morgan fingerprint density at radius 3 is 3.14 bits per heavy atom. The summed E-state index contributed by atoms with van der Waals surface area (Å²) in [6.07, 6.45) is 3.59. The molecular formula is C10H13FN2O. The zero-order valence-electron chi connectivity index (χ0n) is 8.09. The molecule has 0 spiro atoms. The van der Waals surface area contributed by atoms with Crippen molar-refractivity contribution < 1.29 is 9.13 Å². The van der Waals surface area contributed by atoms with E-state index in [1.165, 1.54) is 12.3 Å². The van der Waals surface area contributed by atoms with Gasteiger partial charge >= 0.3 is 0 Å². The summed E-state index contributed by atoms with van der Waals surface area (Å²) in [4.78, 5) is 3.56. The van der Waals surface area contributed by atoms with E-state index in [9.17, 15) is 4.39 Å². The van der Waals surface area contributed by atoms with Crippen LogP contribution in [-0.4, -0.2) is 18.6 Å². The minimum Gasteiger partial charge on any atom is -0.495 e. The summed E-state index contributed by atoms with van der Waals surface area (Å²) in [7, 11) is 1.58. The number of nitrogens with zero attached hydrogens (tertiary/aromatic N) is 1. The number of rotatable bonds is 2. The van der Waals surface area contributed by atoms with Gasteiger partial charge in [0.05, 0.1) is 13.3 Å². The number of aromatic nitrogens is 1. The number of pyridine rings is 1. The maximum Gasteiger partial charge on any atom is 0.213 e. The standard InChI is InChI=1S/C10H13FN2O/c1-14-9-6-13-10(11)5-7(9)8-3-2-4-12-8/h5-6,8,12H,2-4H2,1H3. The fraction of sp³-hybridized carbons (Fsp3) is 0.500. The minimum atomic E-state index is -0.450. The molecule has 1 N–H and O–H groups in total. The van der Waals surface area contributed by atoms with E-state index in [0.29, 0.717) is 5.75 Å². The Balaban J connectivity index is 2.33. The number of halogens is 1. The molecule has 1 fully saturated rings. The first kappa shape index (κ1) is 9.40. The van der Waals surface area contributed by atoms with Gasteiger partial charge in [0, 0.05) is 17.7 Å². The Kier molecular flexibility index (Phi) is 2.63. The molecule has 4 heteroatoms. The molecule has 3 nitrogen and oxygen atoms in total. The highest BCUT2D eigenvalue weighted by atomic mass is 19.1. The minimum absolute atomic E-state index is 0.211. The van der Waals surface area contributed by atoms with Crippen LogP contribution in [0.4, 0.5) is 4.39 Å². The van der Waals surface area contributed by atoms with Crippen molar-refractivity contribution in [3.8, 4) is 5.75 Å². The molecule has 1 saturated heterocycles. The number of nitrogens with one attached hydrogen (secondary N) is 1. The molecule has 76 valence electrons. The fourth-order valence-corrected chi connectivity index (χ4v) is 1.82. The van der Waals surface area contributed by atoms with Gasteiger partial charge in [0.1, 0.15) is 5.75 Å². The van der Waals surface area contributed by atoms with Gasteiger partial charge in [-0.2, -0.15) is 4.39 Å². The highest BCUT2D eigenvalue weighted by molar-refractivity contribution is 5.33. The average Bonchev–Trinajstić information content (AvgIpc) is 2.70. The molecule has 2 rings (SSSR count). The summed E-state index contributed by atoms with van der Waals surface area (Å²) < 4.78 is 18.1. The van der Waals surface area contributed by atoms with E-state index in [1.54, 1.807) is 7.11 Å². The van der Waals surface area contributed by atoms with Gasteiger partial charge in [-0.25, -0.2) is 4.98 Å². The van der Waals surface area contributed by atoms with Crippen molar-refractivity contribution in [2.45, 2.75) is 18.9 Å².